The van der Waals surface area contributed by atoms with Crippen LogP contribution in [0.2, 0.25) is 0 Å². The number of benzene rings is 3. The fourth-order valence-electron chi connectivity index (χ4n) is 3.43. The largest absolute Gasteiger partial charge is 0.485 e. The van der Waals surface area contributed by atoms with Gasteiger partial charge in [0.1, 0.15) is 14.0 Å². The fourth-order valence-corrected chi connectivity index (χ4v) is 3.43. The zero-order valence-corrected chi connectivity index (χ0v) is 14.4. The first-order valence-electron chi connectivity index (χ1n) is 8.76. The molecular weight excluding hydrogens is 324 g/mol. The lowest BCUT2D eigenvalue weighted by Crippen LogP contribution is -2.55. The monoisotopic (exact) mass is 343 g/mol. The molecule has 1 fully saturated rings. The van der Waals surface area contributed by atoms with E-state index in [1.54, 1.807) is 12.1 Å². The number of hydrogen-bond acceptors (Lipinski definition) is 2. The standard InChI is InChI=1S/C22H19BFNO/c23-18-11-12-21(20(24)13-18)26-19-14-25(15-19)22(16-7-3-1-4-8-16)17-9-5-2-6-10-17/h1-13,19,22H,14-15H2. The van der Waals surface area contributed by atoms with E-state index in [4.69, 9.17) is 12.6 Å². The zero-order valence-electron chi connectivity index (χ0n) is 14.4. The molecule has 3 aromatic rings. The van der Waals surface area contributed by atoms with E-state index in [-0.39, 0.29) is 17.9 Å². The van der Waals surface area contributed by atoms with Crippen LogP contribution in [0.3, 0.4) is 0 Å². The van der Waals surface area contributed by atoms with Crippen LogP contribution in [0.5, 0.6) is 5.75 Å². The number of rotatable bonds is 5. The van der Waals surface area contributed by atoms with Crippen molar-refractivity contribution in [3.05, 3.63) is 95.8 Å². The van der Waals surface area contributed by atoms with Gasteiger partial charge in [0.2, 0.25) is 0 Å². The molecule has 0 unspecified atom stereocenters. The Morgan fingerprint density at radius 1 is 0.885 bits per heavy atom. The number of hydrogen-bond donors (Lipinski definition) is 0. The van der Waals surface area contributed by atoms with Gasteiger partial charge in [-0.05, 0) is 23.3 Å². The Labute approximate surface area is 154 Å². The molecule has 0 N–H and O–H groups in total. The summed E-state index contributed by atoms with van der Waals surface area (Å²) in [5, 5.41) is 0. The third kappa shape index (κ3) is 3.51. The SMILES string of the molecule is [B]c1ccc(OC2CN(C(c3ccccc3)c3ccccc3)C2)c(F)c1. The first-order valence-corrected chi connectivity index (χ1v) is 8.76. The second-order valence-electron chi connectivity index (χ2n) is 6.61. The third-order valence-corrected chi connectivity index (χ3v) is 4.72. The lowest BCUT2D eigenvalue weighted by Gasteiger charge is -2.44. The van der Waals surface area contributed by atoms with Gasteiger partial charge in [-0.25, -0.2) is 4.39 Å². The van der Waals surface area contributed by atoms with Gasteiger partial charge in [0, 0.05) is 13.1 Å². The maximum absolute atomic E-state index is 13.9. The van der Waals surface area contributed by atoms with Gasteiger partial charge in [-0.1, -0.05) is 72.2 Å². The van der Waals surface area contributed by atoms with Crippen LogP contribution in [0.4, 0.5) is 4.39 Å². The van der Waals surface area contributed by atoms with Crippen LogP contribution >= 0.6 is 0 Å². The van der Waals surface area contributed by atoms with Crippen LogP contribution in [-0.2, 0) is 0 Å². The van der Waals surface area contributed by atoms with Crippen molar-refractivity contribution in [1.29, 1.82) is 0 Å². The second-order valence-corrected chi connectivity index (χ2v) is 6.61. The molecule has 0 amide bonds. The van der Waals surface area contributed by atoms with Gasteiger partial charge < -0.3 is 4.74 Å². The van der Waals surface area contributed by atoms with Crippen molar-refractivity contribution >= 4 is 13.3 Å². The Morgan fingerprint density at radius 2 is 1.46 bits per heavy atom. The number of nitrogens with zero attached hydrogens (tertiary/aromatic N) is 1. The van der Waals surface area contributed by atoms with E-state index >= 15 is 0 Å². The minimum absolute atomic E-state index is 0.0250. The zero-order chi connectivity index (χ0) is 17.9. The predicted octanol–water partition coefficient (Wildman–Crippen LogP) is 3.47. The Kier molecular flexibility index (Phi) is 4.76. The Hall–Kier alpha value is -2.59. The molecule has 2 nitrogen and oxygen atoms in total. The normalized spacial score (nSPS) is 15.0. The summed E-state index contributed by atoms with van der Waals surface area (Å²) in [4.78, 5) is 2.35. The van der Waals surface area contributed by atoms with E-state index in [1.807, 2.05) is 12.1 Å². The summed E-state index contributed by atoms with van der Waals surface area (Å²) in [6.45, 7) is 1.50. The molecule has 2 radical (unpaired) electrons. The van der Waals surface area contributed by atoms with Gasteiger partial charge in [-0.15, -0.1) is 0 Å². The summed E-state index contributed by atoms with van der Waals surface area (Å²) in [7, 11) is 5.59. The van der Waals surface area contributed by atoms with Crippen molar-refractivity contribution < 1.29 is 9.13 Å². The number of halogens is 1. The van der Waals surface area contributed by atoms with E-state index in [0.717, 1.165) is 13.1 Å². The summed E-state index contributed by atoms with van der Waals surface area (Å²) >= 11 is 0. The number of ether oxygens (including phenoxy) is 1. The van der Waals surface area contributed by atoms with Crippen molar-refractivity contribution in [1.82, 2.24) is 4.90 Å². The van der Waals surface area contributed by atoms with Gasteiger partial charge in [0.25, 0.3) is 0 Å². The Balaban J connectivity index is 1.49. The van der Waals surface area contributed by atoms with Crippen molar-refractivity contribution in [2.45, 2.75) is 12.1 Å². The quantitative estimate of drug-likeness (QED) is 0.658. The molecule has 1 saturated heterocycles. The van der Waals surface area contributed by atoms with Crippen LogP contribution in [0.15, 0.2) is 78.9 Å². The van der Waals surface area contributed by atoms with Gasteiger partial charge in [0.15, 0.2) is 11.6 Å². The number of likely N-dealkylation sites (tertiary alicyclic amines) is 1. The molecule has 0 spiro atoms. The van der Waals surface area contributed by atoms with Crippen LogP contribution in [0, 0.1) is 5.82 Å². The van der Waals surface area contributed by atoms with Crippen molar-refractivity contribution in [3.63, 3.8) is 0 Å². The maximum Gasteiger partial charge on any atom is 0.164 e. The highest BCUT2D eigenvalue weighted by atomic mass is 19.1. The van der Waals surface area contributed by atoms with Crippen molar-refractivity contribution in [3.8, 4) is 5.75 Å². The minimum Gasteiger partial charge on any atom is -0.485 e. The Bertz CT molecular complexity index is 826. The lowest BCUT2D eigenvalue weighted by atomic mass is 9.93. The molecule has 1 heterocycles. The molecule has 26 heavy (non-hydrogen) atoms. The molecule has 0 bridgehead atoms. The van der Waals surface area contributed by atoms with Crippen LogP contribution in [-0.4, -0.2) is 31.9 Å². The fraction of sp³-hybridized carbons (Fsp3) is 0.182. The van der Waals surface area contributed by atoms with Crippen LogP contribution in [0.1, 0.15) is 17.2 Å². The molecule has 3 aromatic carbocycles. The van der Waals surface area contributed by atoms with E-state index in [0.29, 0.717) is 5.46 Å². The van der Waals surface area contributed by atoms with Gasteiger partial charge in [0.05, 0.1) is 6.04 Å². The molecule has 0 aliphatic carbocycles. The topological polar surface area (TPSA) is 12.5 Å². The molecule has 4 rings (SSSR count). The average molecular weight is 343 g/mol. The summed E-state index contributed by atoms with van der Waals surface area (Å²) in [6, 6.07) is 25.6. The van der Waals surface area contributed by atoms with Crippen molar-refractivity contribution in [2.75, 3.05) is 13.1 Å². The summed E-state index contributed by atoms with van der Waals surface area (Å²) < 4.78 is 19.8. The molecule has 1 aliphatic heterocycles. The first kappa shape index (κ1) is 16.9. The molecule has 0 saturated carbocycles. The Morgan fingerprint density at radius 3 is 2.00 bits per heavy atom. The van der Waals surface area contributed by atoms with E-state index in [2.05, 4.69) is 53.4 Å². The van der Waals surface area contributed by atoms with E-state index < -0.39 is 5.82 Å². The van der Waals surface area contributed by atoms with Gasteiger partial charge in [-0.2, -0.15) is 0 Å². The molecule has 1 aliphatic rings. The second kappa shape index (κ2) is 7.34. The lowest BCUT2D eigenvalue weighted by molar-refractivity contribution is -0.00166. The molecule has 4 heteroatoms. The third-order valence-electron chi connectivity index (χ3n) is 4.72. The summed E-state index contributed by atoms with van der Waals surface area (Å²) in [5.41, 5.74) is 2.89. The van der Waals surface area contributed by atoms with Crippen molar-refractivity contribution in [2.24, 2.45) is 0 Å². The summed E-state index contributed by atoms with van der Waals surface area (Å²) in [5.74, 6) is -0.147. The van der Waals surface area contributed by atoms with Gasteiger partial charge >= 0.3 is 0 Å². The molecule has 128 valence electrons. The highest BCUT2D eigenvalue weighted by Gasteiger charge is 2.35. The summed E-state index contributed by atoms with van der Waals surface area (Å²) in [6.07, 6.45) is -0.0250. The predicted molar refractivity (Wildman–Crippen MR) is 103 cm³/mol. The van der Waals surface area contributed by atoms with Crippen LogP contribution in [0.25, 0.3) is 0 Å². The van der Waals surface area contributed by atoms with Crippen LogP contribution < -0.4 is 10.2 Å². The smallest absolute Gasteiger partial charge is 0.164 e. The average Bonchev–Trinajstić information content (AvgIpc) is 2.63. The molecule has 0 atom stereocenters. The first-order chi connectivity index (χ1) is 12.7. The maximum atomic E-state index is 13.9. The van der Waals surface area contributed by atoms with E-state index in [1.165, 1.54) is 17.2 Å². The highest BCUT2D eigenvalue weighted by Crippen LogP contribution is 2.33. The molecular formula is C22H19BFNO. The van der Waals surface area contributed by atoms with Gasteiger partial charge in [-0.3, -0.25) is 4.90 Å². The minimum atomic E-state index is -0.411. The van der Waals surface area contributed by atoms with E-state index in [9.17, 15) is 4.39 Å². The molecule has 0 aromatic heterocycles. The highest BCUT2D eigenvalue weighted by molar-refractivity contribution is 6.32.